The minimum Gasteiger partial charge on any atom is -0.369 e. The summed E-state index contributed by atoms with van der Waals surface area (Å²) in [6.45, 7) is 3.02. The number of hydrogen-bond acceptors (Lipinski definition) is 2. The Hall–Kier alpha value is -1.32. The number of nitrogens with two attached hydrogens (primary N) is 1. The van der Waals surface area contributed by atoms with Crippen LogP contribution in [0.2, 0.25) is 0 Å². The number of anilines is 1. The van der Waals surface area contributed by atoms with E-state index in [2.05, 4.69) is 77.3 Å². The zero-order chi connectivity index (χ0) is 15.2. The second kappa shape index (κ2) is 7.62. The molecule has 0 radical (unpaired) electrons. The van der Waals surface area contributed by atoms with E-state index in [1.165, 1.54) is 16.8 Å². The van der Waals surface area contributed by atoms with Crippen molar-refractivity contribution in [2.75, 3.05) is 11.9 Å². The molecule has 0 amide bonds. The fourth-order valence-electron chi connectivity index (χ4n) is 2.38. The first-order valence-corrected chi connectivity index (χ1v) is 8.18. The highest BCUT2D eigenvalue weighted by Gasteiger charge is 2.09. The average Bonchev–Trinajstić information content (AvgIpc) is 2.48. The first kappa shape index (κ1) is 16.1. The lowest BCUT2D eigenvalue weighted by molar-refractivity contribution is 0.646. The zero-order valence-corrected chi connectivity index (χ0v) is 14.3. The molecule has 2 aromatic carbocycles. The van der Waals surface area contributed by atoms with Crippen molar-refractivity contribution in [2.24, 2.45) is 5.73 Å². The maximum Gasteiger partial charge on any atom is 0.0511 e. The molecule has 0 saturated carbocycles. The van der Waals surface area contributed by atoms with Gasteiger partial charge in [-0.25, -0.2) is 0 Å². The molecule has 0 aromatic heterocycles. The molecule has 2 rings (SSSR count). The molecule has 0 saturated heterocycles. The highest BCUT2D eigenvalue weighted by molar-refractivity contribution is 9.10. The van der Waals surface area contributed by atoms with Crippen LogP contribution in [0.25, 0.3) is 0 Å². The van der Waals surface area contributed by atoms with Gasteiger partial charge in [-0.05, 0) is 52.0 Å². The van der Waals surface area contributed by atoms with Crippen molar-refractivity contribution in [2.45, 2.75) is 32.4 Å². The predicted molar refractivity (Wildman–Crippen MR) is 94.7 cm³/mol. The summed E-state index contributed by atoms with van der Waals surface area (Å²) in [6, 6.07) is 17.3. The van der Waals surface area contributed by atoms with E-state index in [0.717, 1.165) is 23.9 Å². The fraction of sp³-hybridized carbons (Fsp3) is 0.333. The second-order valence-electron chi connectivity index (χ2n) is 5.50. The number of rotatable bonds is 6. The molecule has 1 atom stereocenters. The molecule has 2 N–H and O–H groups in total. The normalized spacial score (nSPS) is 12.2. The Bertz CT molecular complexity index is 569. The van der Waals surface area contributed by atoms with Crippen molar-refractivity contribution in [3.63, 3.8) is 0 Å². The van der Waals surface area contributed by atoms with Crippen molar-refractivity contribution in [1.82, 2.24) is 0 Å². The second-order valence-corrected chi connectivity index (χ2v) is 6.35. The SMILES string of the molecule is CCC(N)Cc1ccc(N(C)Cc2ccccc2)c(Br)c1. The standard InChI is InChI=1S/C18H23BrN2/c1-3-16(20)11-15-9-10-18(17(19)12-15)21(2)13-14-7-5-4-6-8-14/h4-10,12,16H,3,11,13,20H2,1-2H3. The van der Waals surface area contributed by atoms with Crippen molar-refractivity contribution in [3.05, 3.63) is 64.1 Å². The van der Waals surface area contributed by atoms with Gasteiger partial charge < -0.3 is 10.6 Å². The Morgan fingerprint density at radius 1 is 1.10 bits per heavy atom. The van der Waals surface area contributed by atoms with E-state index in [0.29, 0.717) is 0 Å². The van der Waals surface area contributed by atoms with Crippen molar-refractivity contribution in [3.8, 4) is 0 Å². The number of halogens is 1. The van der Waals surface area contributed by atoms with Crippen LogP contribution in [0.5, 0.6) is 0 Å². The van der Waals surface area contributed by atoms with E-state index in [9.17, 15) is 0 Å². The summed E-state index contributed by atoms with van der Waals surface area (Å²) in [4.78, 5) is 2.25. The largest absolute Gasteiger partial charge is 0.369 e. The number of nitrogens with zero attached hydrogens (tertiary/aromatic N) is 1. The molecule has 0 aliphatic rings. The quantitative estimate of drug-likeness (QED) is 0.841. The van der Waals surface area contributed by atoms with E-state index in [1.54, 1.807) is 0 Å². The van der Waals surface area contributed by atoms with Gasteiger partial charge in [-0.3, -0.25) is 0 Å². The fourth-order valence-corrected chi connectivity index (χ4v) is 3.11. The molecule has 0 spiro atoms. The molecule has 0 fully saturated rings. The van der Waals surface area contributed by atoms with Gasteiger partial charge in [0.15, 0.2) is 0 Å². The Kier molecular flexibility index (Phi) is 5.83. The summed E-state index contributed by atoms with van der Waals surface area (Å²) in [5.74, 6) is 0. The molecule has 0 aliphatic heterocycles. The van der Waals surface area contributed by atoms with Crippen molar-refractivity contribution >= 4 is 21.6 Å². The summed E-state index contributed by atoms with van der Waals surface area (Å²) < 4.78 is 1.13. The van der Waals surface area contributed by atoms with Crippen LogP contribution in [-0.4, -0.2) is 13.1 Å². The van der Waals surface area contributed by atoms with Crippen molar-refractivity contribution < 1.29 is 0 Å². The first-order chi connectivity index (χ1) is 10.1. The zero-order valence-electron chi connectivity index (χ0n) is 12.7. The van der Waals surface area contributed by atoms with Gasteiger partial charge in [0.2, 0.25) is 0 Å². The molecular weight excluding hydrogens is 324 g/mol. The molecule has 3 heteroatoms. The van der Waals surface area contributed by atoms with Gasteiger partial charge in [0.25, 0.3) is 0 Å². The maximum absolute atomic E-state index is 6.03. The molecule has 0 aliphatic carbocycles. The van der Waals surface area contributed by atoms with E-state index in [4.69, 9.17) is 5.73 Å². The third kappa shape index (κ3) is 4.58. The van der Waals surface area contributed by atoms with Crippen LogP contribution >= 0.6 is 15.9 Å². The van der Waals surface area contributed by atoms with Gasteiger partial charge in [-0.15, -0.1) is 0 Å². The highest BCUT2D eigenvalue weighted by Crippen LogP contribution is 2.28. The molecule has 112 valence electrons. The Labute approximate surface area is 136 Å². The van der Waals surface area contributed by atoms with Gasteiger partial charge in [-0.2, -0.15) is 0 Å². The van der Waals surface area contributed by atoms with Crippen molar-refractivity contribution in [1.29, 1.82) is 0 Å². The van der Waals surface area contributed by atoms with Gasteiger partial charge in [0.1, 0.15) is 0 Å². The Morgan fingerprint density at radius 3 is 2.43 bits per heavy atom. The van der Waals surface area contributed by atoms with Crippen LogP contribution in [0.4, 0.5) is 5.69 Å². The summed E-state index contributed by atoms with van der Waals surface area (Å²) in [5, 5.41) is 0. The third-order valence-electron chi connectivity index (χ3n) is 3.71. The molecule has 2 aromatic rings. The van der Waals surface area contributed by atoms with E-state index in [1.807, 2.05) is 6.07 Å². The molecule has 2 nitrogen and oxygen atoms in total. The van der Waals surface area contributed by atoms with Gasteiger partial charge >= 0.3 is 0 Å². The topological polar surface area (TPSA) is 29.3 Å². The predicted octanol–water partition coefficient (Wildman–Crippen LogP) is 4.37. The van der Waals surface area contributed by atoms with Crippen LogP contribution in [0.1, 0.15) is 24.5 Å². The van der Waals surface area contributed by atoms with E-state index in [-0.39, 0.29) is 6.04 Å². The average molecular weight is 347 g/mol. The highest BCUT2D eigenvalue weighted by atomic mass is 79.9. The van der Waals surface area contributed by atoms with Crippen LogP contribution in [0, 0.1) is 0 Å². The van der Waals surface area contributed by atoms with E-state index >= 15 is 0 Å². The van der Waals surface area contributed by atoms with Gasteiger partial charge in [-0.1, -0.05) is 43.3 Å². The van der Waals surface area contributed by atoms with Crippen LogP contribution < -0.4 is 10.6 Å². The molecule has 0 heterocycles. The minimum atomic E-state index is 0.241. The maximum atomic E-state index is 6.03. The van der Waals surface area contributed by atoms with Crippen LogP contribution in [-0.2, 0) is 13.0 Å². The molecule has 0 bridgehead atoms. The lowest BCUT2D eigenvalue weighted by Crippen LogP contribution is -2.21. The minimum absolute atomic E-state index is 0.241. The Morgan fingerprint density at radius 2 is 1.81 bits per heavy atom. The van der Waals surface area contributed by atoms with Crippen LogP contribution in [0.15, 0.2) is 53.0 Å². The molecule has 1 unspecified atom stereocenters. The van der Waals surface area contributed by atoms with E-state index < -0.39 is 0 Å². The number of hydrogen-bond donors (Lipinski definition) is 1. The number of benzene rings is 2. The Balaban J connectivity index is 2.09. The lowest BCUT2D eigenvalue weighted by Gasteiger charge is -2.22. The summed E-state index contributed by atoms with van der Waals surface area (Å²) in [7, 11) is 2.12. The van der Waals surface area contributed by atoms with Gasteiger partial charge in [0, 0.05) is 24.1 Å². The summed E-state index contributed by atoms with van der Waals surface area (Å²) in [5.41, 5.74) is 9.83. The van der Waals surface area contributed by atoms with Gasteiger partial charge in [0.05, 0.1) is 5.69 Å². The monoisotopic (exact) mass is 346 g/mol. The molecule has 21 heavy (non-hydrogen) atoms. The lowest BCUT2D eigenvalue weighted by atomic mass is 10.0. The molecular formula is C18H23BrN2. The summed E-state index contributed by atoms with van der Waals surface area (Å²) in [6.07, 6.45) is 1.94. The smallest absolute Gasteiger partial charge is 0.0511 e. The third-order valence-corrected chi connectivity index (χ3v) is 4.34. The summed E-state index contributed by atoms with van der Waals surface area (Å²) >= 11 is 3.69. The van der Waals surface area contributed by atoms with Crippen LogP contribution in [0.3, 0.4) is 0 Å². The first-order valence-electron chi connectivity index (χ1n) is 7.39.